The molecule has 0 aliphatic carbocycles. The van der Waals surface area contributed by atoms with Crippen LogP contribution in [0.3, 0.4) is 0 Å². The second kappa shape index (κ2) is 7.84. The summed E-state index contributed by atoms with van der Waals surface area (Å²) in [6.45, 7) is 2.22. The molecule has 6 nitrogen and oxygen atoms in total. The van der Waals surface area contributed by atoms with Crippen molar-refractivity contribution in [3.8, 4) is 17.2 Å². The lowest BCUT2D eigenvalue weighted by atomic mass is 10.2. The van der Waals surface area contributed by atoms with Crippen LogP contribution in [0.2, 0.25) is 0 Å². The molecule has 2 aromatic carbocycles. The number of rotatable bonds is 6. The van der Waals surface area contributed by atoms with Crippen LogP contribution in [-0.4, -0.2) is 31.1 Å². The molecule has 120 valence electrons. The maximum atomic E-state index is 12.3. The smallest absolute Gasteiger partial charge is 0.347 e. The summed E-state index contributed by atoms with van der Waals surface area (Å²) in [5.41, 5.74) is 0.937. The van der Waals surface area contributed by atoms with Crippen LogP contribution in [0.4, 0.5) is 0 Å². The summed E-state index contributed by atoms with van der Waals surface area (Å²) < 4.78 is 16.0. The predicted octanol–water partition coefficient (Wildman–Crippen LogP) is 3.12. The molecular formula is C17H17NO5. The molecule has 0 aromatic heterocycles. The summed E-state index contributed by atoms with van der Waals surface area (Å²) in [5, 5.41) is 11.6. The third-order valence-electron chi connectivity index (χ3n) is 3.00. The SMILES string of the molecule is CCOc1cc(/C=N\O)ccc1OC(=O)c1ccccc1OC. The Hall–Kier alpha value is -3.02. The van der Waals surface area contributed by atoms with Gasteiger partial charge in [0.1, 0.15) is 11.3 Å². The molecule has 0 bridgehead atoms. The van der Waals surface area contributed by atoms with Crippen molar-refractivity contribution >= 4 is 12.2 Å². The van der Waals surface area contributed by atoms with E-state index in [1.165, 1.54) is 13.3 Å². The zero-order chi connectivity index (χ0) is 16.7. The fourth-order valence-electron chi connectivity index (χ4n) is 1.99. The minimum atomic E-state index is -0.549. The van der Waals surface area contributed by atoms with E-state index < -0.39 is 5.97 Å². The molecule has 0 fully saturated rings. The monoisotopic (exact) mass is 315 g/mol. The number of benzene rings is 2. The standard InChI is InChI=1S/C17H17NO5/c1-3-22-16-10-12(11-18-20)8-9-15(16)23-17(19)13-6-4-5-7-14(13)21-2/h4-11,20H,3H2,1-2H3/b18-11-. The molecule has 1 N–H and O–H groups in total. The highest BCUT2D eigenvalue weighted by Gasteiger charge is 2.16. The van der Waals surface area contributed by atoms with Crippen molar-refractivity contribution in [1.82, 2.24) is 0 Å². The largest absolute Gasteiger partial charge is 0.496 e. The van der Waals surface area contributed by atoms with E-state index in [0.29, 0.717) is 29.2 Å². The first-order valence-corrected chi connectivity index (χ1v) is 6.99. The van der Waals surface area contributed by atoms with Gasteiger partial charge >= 0.3 is 5.97 Å². The minimum absolute atomic E-state index is 0.276. The van der Waals surface area contributed by atoms with Gasteiger partial charge in [0.2, 0.25) is 0 Å². The van der Waals surface area contributed by atoms with Gasteiger partial charge in [-0.3, -0.25) is 0 Å². The molecule has 0 radical (unpaired) electrons. The highest BCUT2D eigenvalue weighted by Crippen LogP contribution is 2.30. The molecule has 0 unspecified atom stereocenters. The number of hydrogen-bond acceptors (Lipinski definition) is 6. The molecule has 0 aliphatic rings. The Kier molecular flexibility index (Phi) is 5.57. The average Bonchev–Trinajstić information content (AvgIpc) is 2.57. The van der Waals surface area contributed by atoms with Gasteiger partial charge in [0.05, 0.1) is 19.9 Å². The Balaban J connectivity index is 2.29. The van der Waals surface area contributed by atoms with Crippen LogP contribution in [0.25, 0.3) is 0 Å². The minimum Gasteiger partial charge on any atom is -0.496 e. The van der Waals surface area contributed by atoms with Gasteiger partial charge in [0, 0.05) is 5.56 Å². The van der Waals surface area contributed by atoms with E-state index in [4.69, 9.17) is 19.4 Å². The molecule has 23 heavy (non-hydrogen) atoms. The number of carbonyl (C=O) groups excluding carboxylic acids is 1. The molecule has 0 amide bonds. The maximum absolute atomic E-state index is 12.3. The first-order chi connectivity index (χ1) is 11.2. The van der Waals surface area contributed by atoms with Crippen molar-refractivity contribution in [3.63, 3.8) is 0 Å². The number of methoxy groups -OCH3 is 1. The quantitative estimate of drug-likeness (QED) is 0.291. The first kappa shape index (κ1) is 16.4. The van der Waals surface area contributed by atoms with E-state index in [-0.39, 0.29) is 5.75 Å². The normalized spacial score (nSPS) is 10.5. The van der Waals surface area contributed by atoms with Crippen molar-refractivity contribution in [2.75, 3.05) is 13.7 Å². The van der Waals surface area contributed by atoms with Gasteiger partial charge in [-0.2, -0.15) is 0 Å². The van der Waals surface area contributed by atoms with E-state index in [2.05, 4.69) is 5.16 Å². The van der Waals surface area contributed by atoms with Crippen LogP contribution >= 0.6 is 0 Å². The molecule has 0 saturated heterocycles. The number of esters is 1. The van der Waals surface area contributed by atoms with Crippen molar-refractivity contribution in [3.05, 3.63) is 53.6 Å². The van der Waals surface area contributed by atoms with Crippen molar-refractivity contribution in [2.24, 2.45) is 5.16 Å². The molecule has 2 aromatic rings. The summed E-state index contributed by atoms with van der Waals surface area (Å²) in [7, 11) is 1.49. The Bertz CT molecular complexity index is 712. The average molecular weight is 315 g/mol. The van der Waals surface area contributed by atoms with Gasteiger partial charge in [0.25, 0.3) is 0 Å². The second-order valence-electron chi connectivity index (χ2n) is 4.47. The third-order valence-corrected chi connectivity index (χ3v) is 3.00. The van der Waals surface area contributed by atoms with Gasteiger partial charge in [0.15, 0.2) is 11.5 Å². The Morgan fingerprint density at radius 2 is 1.96 bits per heavy atom. The van der Waals surface area contributed by atoms with Gasteiger partial charge in [-0.15, -0.1) is 0 Å². The maximum Gasteiger partial charge on any atom is 0.347 e. The summed E-state index contributed by atoms with van der Waals surface area (Å²) in [6.07, 6.45) is 1.26. The van der Waals surface area contributed by atoms with Crippen LogP contribution in [0.5, 0.6) is 17.2 Å². The lowest BCUT2D eigenvalue weighted by Crippen LogP contribution is -2.11. The lowest BCUT2D eigenvalue weighted by Gasteiger charge is -2.12. The summed E-state index contributed by atoms with van der Waals surface area (Å²) in [5.74, 6) is 0.539. The second-order valence-corrected chi connectivity index (χ2v) is 4.47. The zero-order valence-electron chi connectivity index (χ0n) is 12.9. The number of carbonyl (C=O) groups is 1. The number of ether oxygens (including phenoxy) is 3. The third kappa shape index (κ3) is 4.00. The van der Waals surface area contributed by atoms with Gasteiger partial charge < -0.3 is 19.4 Å². The van der Waals surface area contributed by atoms with Crippen LogP contribution in [0.15, 0.2) is 47.6 Å². The lowest BCUT2D eigenvalue weighted by molar-refractivity contribution is 0.0725. The van der Waals surface area contributed by atoms with E-state index in [1.54, 1.807) is 42.5 Å². The van der Waals surface area contributed by atoms with Crippen LogP contribution in [0, 0.1) is 0 Å². The zero-order valence-corrected chi connectivity index (χ0v) is 12.9. The Morgan fingerprint density at radius 1 is 1.17 bits per heavy atom. The van der Waals surface area contributed by atoms with Crippen LogP contribution < -0.4 is 14.2 Å². The van der Waals surface area contributed by atoms with Gasteiger partial charge in [-0.1, -0.05) is 17.3 Å². The first-order valence-electron chi connectivity index (χ1n) is 6.99. The van der Waals surface area contributed by atoms with Gasteiger partial charge in [-0.05, 0) is 37.3 Å². The Labute approximate surface area is 133 Å². The van der Waals surface area contributed by atoms with E-state index in [9.17, 15) is 4.79 Å². The van der Waals surface area contributed by atoms with Gasteiger partial charge in [-0.25, -0.2) is 4.79 Å². The fraction of sp³-hybridized carbons (Fsp3) is 0.176. The molecule has 0 heterocycles. The Morgan fingerprint density at radius 3 is 2.65 bits per heavy atom. The highest BCUT2D eigenvalue weighted by atomic mass is 16.6. The molecule has 0 spiro atoms. The molecule has 0 aliphatic heterocycles. The van der Waals surface area contributed by atoms with Crippen molar-refractivity contribution in [2.45, 2.75) is 6.92 Å². The number of nitrogens with zero attached hydrogens (tertiary/aromatic N) is 1. The predicted molar refractivity (Wildman–Crippen MR) is 84.9 cm³/mol. The highest BCUT2D eigenvalue weighted by molar-refractivity contribution is 5.94. The van der Waals surface area contributed by atoms with Crippen LogP contribution in [-0.2, 0) is 0 Å². The fourth-order valence-corrected chi connectivity index (χ4v) is 1.99. The van der Waals surface area contributed by atoms with E-state index >= 15 is 0 Å². The van der Waals surface area contributed by atoms with Crippen molar-refractivity contribution in [1.29, 1.82) is 0 Å². The number of hydrogen-bond donors (Lipinski definition) is 1. The molecule has 2 rings (SSSR count). The summed E-state index contributed by atoms with van der Waals surface area (Å²) in [6, 6.07) is 11.6. The van der Waals surface area contributed by atoms with E-state index in [0.717, 1.165) is 0 Å². The summed E-state index contributed by atoms with van der Waals surface area (Å²) >= 11 is 0. The number of para-hydroxylation sites is 1. The molecule has 0 atom stereocenters. The van der Waals surface area contributed by atoms with E-state index in [1.807, 2.05) is 6.92 Å². The summed E-state index contributed by atoms with van der Waals surface area (Å²) in [4.78, 5) is 12.3. The molecular weight excluding hydrogens is 298 g/mol. The molecule has 0 saturated carbocycles. The molecule has 6 heteroatoms. The number of oxime groups is 1. The van der Waals surface area contributed by atoms with Crippen LogP contribution in [0.1, 0.15) is 22.8 Å². The topological polar surface area (TPSA) is 77.4 Å². The van der Waals surface area contributed by atoms with Crippen molar-refractivity contribution < 1.29 is 24.2 Å².